The van der Waals surface area contributed by atoms with Gasteiger partial charge in [0.05, 0.1) is 25.0 Å². The van der Waals surface area contributed by atoms with Gasteiger partial charge in [-0.3, -0.25) is 14.6 Å². The minimum Gasteiger partial charge on any atom is -0.494 e. The van der Waals surface area contributed by atoms with Crippen LogP contribution in [0.25, 0.3) is 16.3 Å². The first kappa shape index (κ1) is 21.0. The molecule has 0 N–H and O–H groups in total. The lowest BCUT2D eigenvalue weighted by atomic mass is 10.2. The van der Waals surface area contributed by atoms with Crippen molar-refractivity contribution >= 4 is 50.0 Å². The molecule has 158 valence electrons. The highest BCUT2D eigenvalue weighted by Gasteiger charge is 2.21. The van der Waals surface area contributed by atoms with Crippen molar-refractivity contribution in [2.24, 2.45) is 0 Å². The zero-order valence-corrected chi connectivity index (χ0v) is 18.8. The number of thiazole rings is 1. The second kappa shape index (κ2) is 9.70. The highest BCUT2D eigenvalue weighted by atomic mass is 32.1. The standard InChI is InChI=1S/C22H25N3O3S2/c1-16-5-7-18(27-2)20-21(16)30-22(23-20)25(10-9-24-11-13-28-14-12-24)19(26)8-6-17-4-3-15-29-17/h3-8,15H,9-14H2,1-2H3/b8-6+. The van der Waals surface area contributed by atoms with Crippen molar-refractivity contribution in [2.45, 2.75) is 6.92 Å². The third-order valence-electron chi connectivity index (χ3n) is 5.09. The number of carbonyl (C=O) groups excluding carboxylic acids is 1. The molecule has 0 radical (unpaired) electrons. The molecule has 1 amide bonds. The van der Waals surface area contributed by atoms with Crippen molar-refractivity contribution in [2.75, 3.05) is 51.4 Å². The van der Waals surface area contributed by atoms with Crippen LogP contribution >= 0.6 is 22.7 Å². The van der Waals surface area contributed by atoms with Gasteiger partial charge < -0.3 is 9.47 Å². The van der Waals surface area contributed by atoms with Crippen LogP contribution in [-0.2, 0) is 9.53 Å². The third-order valence-corrected chi connectivity index (χ3v) is 7.14. The van der Waals surface area contributed by atoms with E-state index >= 15 is 0 Å². The third kappa shape index (κ3) is 4.73. The topological polar surface area (TPSA) is 54.9 Å². The van der Waals surface area contributed by atoms with Crippen LogP contribution in [0.2, 0.25) is 0 Å². The SMILES string of the molecule is COc1ccc(C)c2sc(N(CCN3CCOCC3)C(=O)/C=C/c3cccs3)nc12. The van der Waals surface area contributed by atoms with Crippen LogP contribution in [0.15, 0.2) is 35.7 Å². The molecular weight excluding hydrogens is 418 g/mol. The molecule has 1 aromatic carbocycles. The number of ether oxygens (including phenoxy) is 2. The fraction of sp³-hybridized carbons (Fsp3) is 0.364. The molecular formula is C22H25N3O3S2. The zero-order valence-electron chi connectivity index (χ0n) is 17.2. The van der Waals surface area contributed by atoms with Crippen molar-refractivity contribution in [1.29, 1.82) is 0 Å². The van der Waals surface area contributed by atoms with Gasteiger partial charge in [0.1, 0.15) is 11.3 Å². The molecule has 0 bridgehead atoms. The minimum atomic E-state index is -0.0627. The maximum Gasteiger partial charge on any atom is 0.252 e. The number of rotatable bonds is 7. The maximum absolute atomic E-state index is 13.2. The molecule has 8 heteroatoms. The van der Waals surface area contributed by atoms with Crippen LogP contribution in [0.3, 0.4) is 0 Å². The largest absolute Gasteiger partial charge is 0.494 e. The molecule has 1 saturated heterocycles. The van der Waals surface area contributed by atoms with E-state index in [1.165, 1.54) is 11.3 Å². The summed E-state index contributed by atoms with van der Waals surface area (Å²) in [4.78, 5) is 23.1. The van der Waals surface area contributed by atoms with E-state index in [1.807, 2.05) is 35.7 Å². The predicted molar refractivity (Wildman–Crippen MR) is 124 cm³/mol. The number of morpholine rings is 1. The number of methoxy groups -OCH3 is 1. The van der Waals surface area contributed by atoms with E-state index in [2.05, 4.69) is 11.8 Å². The first-order valence-electron chi connectivity index (χ1n) is 9.93. The Labute approximate surface area is 184 Å². The molecule has 1 aliphatic heterocycles. The number of thiophene rings is 1. The van der Waals surface area contributed by atoms with Crippen LogP contribution < -0.4 is 9.64 Å². The Morgan fingerprint density at radius 3 is 2.90 bits per heavy atom. The van der Waals surface area contributed by atoms with Gasteiger partial charge in [0.25, 0.3) is 5.91 Å². The molecule has 0 aliphatic carbocycles. The van der Waals surface area contributed by atoms with Crippen LogP contribution in [-0.4, -0.2) is 62.3 Å². The summed E-state index contributed by atoms with van der Waals surface area (Å²) in [5.41, 5.74) is 1.94. The Hall–Kier alpha value is -2.26. The van der Waals surface area contributed by atoms with Crippen LogP contribution in [0, 0.1) is 6.92 Å². The second-order valence-electron chi connectivity index (χ2n) is 7.05. The Balaban J connectivity index is 1.62. The van der Waals surface area contributed by atoms with Gasteiger partial charge in [-0.2, -0.15) is 0 Å². The van der Waals surface area contributed by atoms with E-state index in [4.69, 9.17) is 14.5 Å². The zero-order chi connectivity index (χ0) is 20.9. The number of fused-ring (bicyclic) bond motifs is 1. The highest BCUT2D eigenvalue weighted by Crippen LogP contribution is 2.36. The molecule has 3 aromatic rings. The molecule has 1 aliphatic rings. The Morgan fingerprint density at radius 2 is 2.17 bits per heavy atom. The number of anilines is 1. The molecule has 0 spiro atoms. The molecule has 2 aromatic heterocycles. The van der Waals surface area contributed by atoms with E-state index in [-0.39, 0.29) is 5.91 Å². The summed E-state index contributed by atoms with van der Waals surface area (Å²) in [6.07, 6.45) is 3.51. The van der Waals surface area contributed by atoms with Crippen molar-refractivity contribution in [3.8, 4) is 5.75 Å². The molecule has 3 heterocycles. The van der Waals surface area contributed by atoms with E-state index < -0.39 is 0 Å². The van der Waals surface area contributed by atoms with Crippen molar-refractivity contribution in [1.82, 2.24) is 9.88 Å². The Kier molecular flexibility index (Phi) is 6.79. The Morgan fingerprint density at radius 1 is 1.33 bits per heavy atom. The summed E-state index contributed by atoms with van der Waals surface area (Å²) in [5.74, 6) is 0.667. The Bertz CT molecular complexity index is 1020. The van der Waals surface area contributed by atoms with Gasteiger partial charge in [0.2, 0.25) is 0 Å². The average molecular weight is 444 g/mol. The summed E-state index contributed by atoms with van der Waals surface area (Å²) in [6, 6.07) is 7.93. The summed E-state index contributed by atoms with van der Waals surface area (Å²) >= 11 is 3.15. The predicted octanol–water partition coefficient (Wildman–Crippen LogP) is 4.05. The van der Waals surface area contributed by atoms with E-state index in [9.17, 15) is 4.79 Å². The number of aryl methyl sites for hydroxylation is 1. The number of aromatic nitrogens is 1. The number of hydrogen-bond donors (Lipinski definition) is 0. The van der Waals surface area contributed by atoms with Gasteiger partial charge in [-0.15, -0.1) is 11.3 Å². The monoisotopic (exact) mass is 443 g/mol. The second-order valence-corrected chi connectivity index (χ2v) is 9.01. The maximum atomic E-state index is 13.2. The number of nitrogens with zero attached hydrogens (tertiary/aromatic N) is 3. The van der Waals surface area contributed by atoms with Gasteiger partial charge in [0.15, 0.2) is 5.13 Å². The van der Waals surface area contributed by atoms with Gasteiger partial charge in [-0.05, 0) is 36.1 Å². The lowest BCUT2D eigenvalue weighted by Gasteiger charge is -2.28. The molecule has 6 nitrogen and oxygen atoms in total. The van der Waals surface area contributed by atoms with Crippen molar-refractivity contribution in [3.63, 3.8) is 0 Å². The number of carbonyl (C=O) groups is 1. The normalized spacial score (nSPS) is 15.1. The molecule has 0 atom stereocenters. The van der Waals surface area contributed by atoms with Crippen LogP contribution in [0.1, 0.15) is 10.4 Å². The molecule has 1 fully saturated rings. The number of hydrogen-bond acceptors (Lipinski definition) is 7. The molecule has 0 unspecified atom stereocenters. The van der Waals surface area contributed by atoms with Gasteiger partial charge >= 0.3 is 0 Å². The lowest BCUT2D eigenvalue weighted by Crippen LogP contribution is -2.42. The summed E-state index contributed by atoms with van der Waals surface area (Å²) < 4.78 is 12.0. The molecule has 4 rings (SSSR count). The van der Waals surface area contributed by atoms with Gasteiger partial charge in [0, 0.05) is 37.1 Å². The van der Waals surface area contributed by atoms with E-state index in [0.717, 1.165) is 59.3 Å². The van der Waals surface area contributed by atoms with Crippen LogP contribution in [0.4, 0.5) is 5.13 Å². The van der Waals surface area contributed by atoms with E-state index in [0.29, 0.717) is 11.7 Å². The fourth-order valence-electron chi connectivity index (χ4n) is 3.37. The van der Waals surface area contributed by atoms with Crippen molar-refractivity contribution in [3.05, 3.63) is 46.2 Å². The average Bonchev–Trinajstić information content (AvgIpc) is 3.44. The van der Waals surface area contributed by atoms with Gasteiger partial charge in [-0.1, -0.05) is 23.5 Å². The first-order valence-corrected chi connectivity index (χ1v) is 11.6. The first-order chi connectivity index (χ1) is 14.7. The van der Waals surface area contributed by atoms with Gasteiger partial charge in [-0.25, -0.2) is 4.98 Å². The summed E-state index contributed by atoms with van der Waals surface area (Å²) in [5, 5.41) is 2.70. The van der Waals surface area contributed by atoms with Crippen molar-refractivity contribution < 1.29 is 14.3 Å². The fourth-order valence-corrected chi connectivity index (χ4v) is 5.08. The summed E-state index contributed by atoms with van der Waals surface area (Å²) in [7, 11) is 1.65. The molecule has 0 saturated carbocycles. The minimum absolute atomic E-state index is 0.0627. The molecule has 30 heavy (non-hydrogen) atoms. The quantitative estimate of drug-likeness (QED) is 0.516. The smallest absolute Gasteiger partial charge is 0.252 e. The highest BCUT2D eigenvalue weighted by molar-refractivity contribution is 7.22. The summed E-state index contributed by atoms with van der Waals surface area (Å²) in [6.45, 7) is 6.68. The van der Waals surface area contributed by atoms with E-state index in [1.54, 1.807) is 29.4 Å². The van der Waals surface area contributed by atoms with Crippen LogP contribution in [0.5, 0.6) is 5.75 Å². The number of benzene rings is 1. The lowest BCUT2D eigenvalue weighted by molar-refractivity contribution is -0.114. The number of amides is 1.